The molecule has 0 fully saturated rings. The van der Waals surface area contributed by atoms with Crippen molar-refractivity contribution in [2.75, 3.05) is 5.73 Å². The second-order valence-corrected chi connectivity index (χ2v) is 6.36. The van der Waals surface area contributed by atoms with Crippen LogP contribution in [0.25, 0.3) is 22.8 Å². The molecule has 0 saturated heterocycles. The van der Waals surface area contributed by atoms with E-state index in [1.54, 1.807) is 6.20 Å². The van der Waals surface area contributed by atoms with Crippen LogP contribution in [0.15, 0.2) is 54.9 Å². The molecule has 0 spiro atoms. The highest BCUT2D eigenvalue weighted by Crippen LogP contribution is 2.40. The van der Waals surface area contributed by atoms with Gasteiger partial charge in [0.2, 0.25) is 0 Å². The number of fused-ring (bicyclic) bond motifs is 1. The quantitative estimate of drug-likeness (QED) is 0.748. The highest BCUT2D eigenvalue weighted by Gasteiger charge is 2.24. The van der Waals surface area contributed by atoms with Gasteiger partial charge >= 0.3 is 0 Å². The number of rotatable bonds is 2. The molecule has 1 aliphatic rings. The first kappa shape index (κ1) is 16.0. The summed E-state index contributed by atoms with van der Waals surface area (Å²) in [5, 5.41) is 9.67. The van der Waals surface area contributed by atoms with Gasteiger partial charge in [-0.05, 0) is 53.7 Å². The molecule has 2 N–H and O–H groups in total. The average Bonchev–Trinajstić information content (AvgIpc) is 2.69. The number of allylic oxidation sites excluding steroid dienone is 1. The van der Waals surface area contributed by atoms with Gasteiger partial charge in [-0.1, -0.05) is 36.4 Å². The fourth-order valence-corrected chi connectivity index (χ4v) is 3.56. The first-order valence-electron chi connectivity index (χ1n) is 8.67. The van der Waals surface area contributed by atoms with E-state index in [-0.39, 0.29) is 0 Å². The Morgan fingerprint density at radius 1 is 1.08 bits per heavy atom. The maximum absolute atomic E-state index is 9.67. The fourth-order valence-electron chi connectivity index (χ4n) is 3.56. The predicted molar refractivity (Wildman–Crippen MR) is 104 cm³/mol. The van der Waals surface area contributed by atoms with Crippen LogP contribution in [-0.2, 0) is 6.42 Å². The van der Waals surface area contributed by atoms with Crippen LogP contribution in [0, 0.1) is 11.3 Å². The maximum atomic E-state index is 9.67. The largest absolute Gasteiger partial charge is 0.383 e. The summed E-state index contributed by atoms with van der Waals surface area (Å²) in [7, 11) is 0. The zero-order valence-corrected chi connectivity index (χ0v) is 14.3. The first-order chi connectivity index (χ1) is 12.8. The smallest absolute Gasteiger partial charge is 0.142 e. The number of hydrogen-bond acceptors (Lipinski definition) is 4. The number of nitrogens with zero attached hydrogens (tertiary/aromatic N) is 3. The Balaban J connectivity index is 1.96. The topological polar surface area (TPSA) is 75.6 Å². The van der Waals surface area contributed by atoms with Gasteiger partial charge in [0.15, 0.2) is 0 Å². The van der Waals surface area contributed by atoms with Crippen molar-refractivity contribution in [2.24, 2.45) is 0 Å². The minimum atomic E-state index is 0.295. The second-order valence-electron chi connectivity index (χ2n) is 6.36. The van der Waals surface area contributed by atoms with E-state index in [0.29, 0.717) is 11.4 Å². The summed E-state index contributed by atoms with van der Waals surface area (Å²) < 4.78 is 0. The van der Waals surface area contributed by atoms with Gasteiger partial charge in [0.05, 0.1) is 5.69 Å². The molecule has 0 saturated carbocycles. The lowest BCUT2D eigenvalue weighted by atomic mass is 9.84. The average molecular weight is 338 g/mol. The normalized spacial score (nSPS) is 14.7. The lowest BCUT2D eigenvalue weighted by Gasteiger charge is -2.23. The van der Waals surface area contributed by atoms with Crippen molar-refractivity contribution >= 4 is 17.5 Å². The highest BCUT2D eigenvalue weighted by molar-refractivity contribution is 5.88. The predicted octanol–water partition coefficient (Wildman–Crippen LogP) is 4.47. The molecule has 2 heterocycles. The maximum Gasteiger partial charge on any atom is 0.142 e. The molecule has 126 valence electrons. The van der Waals surface area contributed by atoms with Gasteiger partial charge in [-0.25, -0.2) is 4.98 Å². The van der Waals surface area contributed by atoms with Crippen molar-refractivity contribution in [3.63, 3.8) is 0 Å². The standard InChI is InChI=1S/C22H18N4/c23-13-19-20(16-7-2-1-3-8-16)18-10-4-9-17(21(18)26-22(19)24)12-15-6-5-11-25-14-15/h1-3,5-8,11-12,14H,4,9-10H2,(H2,24,26). The van der Waals surface area contributed by atoms with Gasteiger partial charge in [-0.3, -0.25) is 4.98 Å². The third-order valence-corrected chi connectivity index (χ3v) is 4.70. The molecule has 0 atom stereocenters. The Labute approximate surface area is 152 Å². The third kappa shape index (κ3) is 2.84. The van der Waals surface area contributed by atoms with E-state index in [4.69, 9.17) is 5.73 Å². The fraction of sp³-hybridized carbons (Fsp3) is 0.136. The van der Waals surface area contributed by atoms with Crippen molar-refractivity contribution in [2.45, 2.75) is 19.3 Å². The van der Waals surface area contributed by atoms with Crippen LogP contribution >= 0.6 is 0 Å². The van der Waals surface area contributed by atoms with Gasteiger partial charge < -0.3 is 5.73 Å². The number of benzene rings is 1. The number of aromatic nitrogens is 2. The Bertz CT molecular complexity index is 1020. The van der Waals surface area contributed by atoms with Gasteiger partial charge in [-0.2, -0.15) is 5.26 Å². The summed E-state index contributed by atoms with van der Waals surface area (Å²) in [5.41, 5.74) is 12.8. The summed E-state index contributed by atoms with van der Waals surface area (Å²) in [6, 6.07) is 16.2. The minimum Gasteiger partial charge on any atom is -0.383 e. The Kier molecular flexibility index (Phi) is 4.20. The summed E-state index contributed by atoms with van der Waals surface area (Å²) in [6.07, 6.45) is 8.58. The molecule has 4 nitrogen and oxygen atoms in total. The molecular formula is C22H18N4. The number of anilines is 1. The van der Waals surface area contributed by atoms with Crippen LogP contribution in [0.2, 0.25) is 0 Å². The van der Waals surface area contributed by atoms with Crippen molar-refractivity contribution in [1.29, 1.82) is 5.26 Å². The minimum absolute atomic E-state index is 0.295. The van der Waals surface area contributed by atoms with Gasteiger partial charge in [0, 0.05) is 18.0 Å². The third-order valence-electron chi connectivity index (χ3n) is 4.70. The molecule has 0 amide bonds. The SMILES string of the molecule is N#Cc1c(N)nc2c(c1-c1ccccc1)CCCC2=Cc1cccnc1. The summed E-state index contributed by atoms with van der Waals surface area (Å²) >= 11 is 0. The molecule has 4 heteroatoms. The Morgan fingerprint density at radius 2 is 1.92 bits per heavy atom. The molecule has 0 unspecified atom stereocenters. The molecule has 0 radical (unpaired) electrons. The van der Waals surface area contributed by atoms with Crippen molar-refractivity contribution in [1.82, 2.24) is 9.97 Å². The Morgan fingerprint density at radius 3 is 2.65 bits per heavy atom. The highest BCUT2D eigenvalue weighted by atomic mass is 14.9. The summed E-state index contributed by atoms with van der Waals surface area (Å²) in [6.45, 7) is 0. The molecule has 0 aliphatic heterocycles. The lowest BCUT2D eigenvalue weighted by Crippen LogP contribution is -2.11. The van der Waals surface area contributed by atoms with Crippen LogP contribution in [0.5, 0.6) is 0 Å². The second kappa shape index (κ2) is 6.81. The number of hydrogen-bond donors (Lipinski definition) is 1. The molecule has 26 heavy (non-hydrogen) atoms. The van der Waals surface area contributed by atoms with Crippen molar-refractivity contribution in [3.05, 3.63) is 77.2 Å². The zero-order chi connectivity index (χ0) is 17.9. The Hall–Kier alpha value is -3.45. The van der Waals surface area contributed by atoms with Crippen LogP contribution in [0.3, 0.4) is 0 Å². The van der Waals surface area contributed by atoms with E-state index in [0.717, 1.165) is 52.8 Å². The van der Waals surface area contributed by atoms with E-state index in [1.165, 1.54) is 0 Å². The molecule has 4 rings (SSSR count). The molecule has 1 aliphatic carbocycles. The molecule has 3 aromatic rings. The number of nitriles is 1. The van der Waals surface area contributed by atoms with E-state index in [1.807, 2.05) is 48.7 Å². The van der Waals surface area contributed by atoms with Gasteiger partial charge in [-0.15, -0.1) is 0 Å². The lowest BCUT2D eigenvalue weighted by molar-refractivity contribution is 0.813. The molecule has 2 aromatic heterocycles. The molecule has 0 bridgehead atoms. The van der Waals surface area contributed by atoms with Crippen LogP contribution in [-0.4, -0.2) is 9.97 Å². The van der Waals surface area contributed by atoms with E-state index in [2.05, 4.69) is 22.1 Å². The first-order valence-corrected chi connectivity index (χ1v) is 8.67. The van der Waals surface area contributed by atoms with Gasteiger partial charge in [0.25, 0.3) is 0 Å². The van der Waals surface area contributed by atoms with E-state index in [9.17, 15) is 5.26 Å². The number of nitrogen functional groups attached to an aromatic ring is 1. The van der Waals surface area contributed by atoms with Crippen molar-refractivity contribution < 1.29 is 0 Å². The summed E-state index contributed by atoms with van der Waals surface area (Å²) in [5.74, 6) is 0.295. The van der Waals surface area contributed by atoms with Crippen LogP contribution in [0.1, 0.15) is 35.2 Å². The van der Waals surface area contributed by atoms with Crippen LogP contribution < -0.4 is 5.73 Å². The van der Waals surface area contributed by atoms with Crippen molar-refractivity contribution in [3.8, 4) is 17.2 Å². The van der Waals surface area contributed by atoms with E-state index >= 15 is 0 Å². The summed E-state index contributed by atoms with van der Waals surface area (Å²) in [4.78, 5) is 8.80. The molecular weight excluding hydrogens is 320 g/mol. The van der Waals surface area contributed by atoms with Gasteiger partial charge in [0.1, 0.15) is 17.5 Å². The number of nitrogens with two attached hydrogens (primary N) is 1. The molecule has 1 aromatic carbocycles. The number of pyridine rings is 2. The monoisotopic (exact) mass is 338 g/mol. The van der Waals surface area contributed by atoms with Crippen LogP contribution in [0.4, 0.5) is 5.82 Å². The zero-order valence-electron chi connectivity index (χ0n) is 14.3. The van der Waals surface area contributed by atoms with E-state index < -0.39 is 0 Å².